The van der Waals surface area contributed by atoms with Gasteiger partial charge in [0, 0.05) is 11.6 Å². The molecule has 0 aliphatic heterocycles. The molecule has 0 aromatic heterocycles. The van der Waals surface area contributed by atoms with Gasteiger partial charge in [0.05, 0.1) is 5.69 Å². The molecule has 0 amide bonds. The molecule has 0 aliphatic rings. The summed E-state index contributed by atoms with van der Waals surface area (Å²) in [5, 5.41) is 2.91. The van der Waals surface area contributed by atoms with E-state index in [4.69, 9.17) is 11.6 Å². The normalized spacial score (nSPS) is 9.92. The minimum atomic E-state index is -0.526. The predicted octanol–water partition coefficient (Wildman–Crippen LogP) is 2.86. The largest absolute Gasteiger partial charge is 0.380 e. The number of alkyl halides is 1. The molecule has 0 spiro atoms. The average molecular weight is 192 g/mol. The molecule has 1 aromatic carbocycles. The average Bonchev–Trinajstić information content (AvgIpc) is 2.03. The summed E-state index contributed by atoms with van der Waals surface area (Å²) in [5.41, 5.74) is 0.275. The summed E-state index contributed by atoms with van der Waals surface area (Å²) in [6.45, 7) is -0.416. The summed E-state index contributed by atoms with van der Waals surface area (Å²) >= 11 is 5.51. The third-order valence-corrected chi connectivity index (χ3v) is 1.58. The second-order valence-corrected chi connectivity index (χ2v) is 2.68. The van der Waals surface area contributed by atoms with Crippen LogP contribution in [0.2, 0.25) is 5.02 Å². The van der Waals surface area contributed by atoms with Gasteiger partial charge in [-0.25, -0.2) is 8.78 Å². The molecule has 1 rings (SSSR count). The van der Waals surface area contributed by atoms with Crippen molar-refractivity contribution in [2.24, 2.45) is 0 Å². The van der Waals surface area contributed by atoms with Crippen LogP contribution in [0.5, 0.6) is 0 Å². The van der Waals surface area contributed by atoms with Crippen molar-refractivity contribution in [1.29, 1.82) is 0 Å². The van der Waals surface area contributed by atoms with Crippen molar-refractivity contribution < 1.29 is 8.78 Å². The zero-order chi connectivity index (χ0) is 8.97. The van der Waals surface area contributed by atoms with Crippen molar-refractivity contribution in [3.63, 3.8) is 0 Å². The minimum absolute atomic E-state index is 0.110. The molecule has 1 nitrogen and oxygen atoms in total. The highest BCUT2D eigenvalue weighted by Gasteiger charge is 2.00. The molecule has 0 radical (unpaired) electrons. The number of halogens is 3. The Bertz CT molecular complexity index is 265. The van der Waals surface area contributed by atoms with Crippen molar-refractivity contribution in [2.75, 3.05) is 18.5 Å². The lowest BCUT2D eigenvalue weighted by Crippen LogP contribution is -2.04. The minimum Gasteiger partial charge on any atom is -0.380 e. The van der Waals surface area contributed by atoms with Crippen molar-refractivity contribution in [3.8, 4) is 0 Å². The highest BCUT2D eigenvalue weighted by Crippen LogP contribution is 2.18. The fourth-order valence-corrected chi connectivity index (χ4v) is 0.974. The predicted molar refractivity (Wildman–Crippen MR) is 45.9 cm³/mol. The molecule has 12 heavy (non-hydrogen) atoms. The molecule has 0 saturated carbocycles. The standard InChI is InChI=1S/C8H8ClF2N/c9-6-1-2-8(7(11)5-6)12-4-3-10/h1-2,5,12H,3-4H2. The van der Waals surface area contributed by atoms with Crippen molar-refractivity contribution in [2.45, 2.75) is 0 Å². The Morgan fingerprint density at radius 3 is 2.75 bits per heavy atom. The summed E-state index contributed by atoms with van der Waals surface area (Å²) in [5.74, 6) is -0.462. The number of anilines is 1. The van der Waals surface area contributed by atoms with Crippen LogP contribution in [0.3, 0.4) is 0 Å². The molecule has 0 atom stereocenters. The van der Waals surface area contributed by atoms with Crippen molar-refractivity contribution in [3.05, 3.63) is 29.0 Å². The molecule has 66 valence electrons. The Hall–Kier alpha value is -0.830. The zero-order valence-electron chi connectivity index (χ0n) is 6.28. The van der Waals surface area contributed by atoms with Gasteiger partial charge in [-0.05, 0) is 18.2 Å². The topological polar surface area (TPSA) is 12.0 Å². The highest BCUT2D eigenvalue weighted by molar-refractivity contribution is 6.30. The monoisotopic (exact) mass is 191 g/mol. The van der Waals surface area contributed by atoms with Crippen LogP contribution in [0.4, 0.5) is 14.5 Å². The van der Waals surface area contributed by atoms with Gasteiger partial charge >= 0.3 is 0 Å². The third kappa shape index (κ3) is 2.34. The van der Waals surface area contributed by atoms with Gasteiger partial charge in [0.2, 0.25) is 0 Å². The Morgan fingerprint density at radius 1 is 1.42 bits per heavy atom. The molecule has 0 fully saturated rings. The number of nitrogens with one attached hydrogen (secondary N) is 1. The quantitative estimate of drug-likeness (QED) is 0.775. The first-order valence-electron chi connectivity index (χ1n) is 3.49. The summed E-state index contributed by atoms with van der Waals surface area (Å²) in [6, 6.07) is 4.21. The summed E-state index contributed by atoms with van der Waals surface area (Å²) in [7, 11) is 0. The Morgan fingerprint density at radius 2 is 2.17 bits per heavy atom. The van der Waals surface area contributed by atoms with Crippen molar-refractivity contribution >= 4 is 17.3 Å². The first kappa shape index (κ1) is 9.26. The molecule has 1 aromatic rings. The lowest BCUT2D eigenvalue weighted by molar-refractivity contribution is 0.511. The van der Waals surface area contributed by atoms with Crippen LogP contribution in [0.25, 0.3) is 0 Å². The van der Waals surface area contributed by atoms with E-state index in [-0.39, 0.29) is 12.2 Å². The molecular weight excluding hydrogens is 184 g/mol. The van der Waals surface area contributed by atoms with E-state index in [0.29, 0.717) is 5.02 Å². The first-order chi connectivity index (χ1) is 5.74. The second kappa shape index (κ2) is 4.26. The zero-order valence-corrected chi connectivity index (χ0v) is 7.04. The van der Waals surface area contributed by atoms with E-state index in [1.165, 1.54) is 12.1 Å². The number of hydrogen-bond donors (Lipinski definition) is 1. The smallest absolute Gasteiger partial charge is 0.147 e. The van der Waals surface area contributed by atoms with Crippen molar-refractivity contribution in [1.82, 2.24) is 0 Å². The molecule has 0 unspecified atom stereocenters. The van der Waals surface area contributed by atoms with E-state index in [2.05, 4.69) is 5.32 Å². The van der Waals surface area contributed by atoms with Gasteiger partial charge in [-0.3, -0.25) is 0 Å². The van der Waals surface area contributed by atoms with Crippen LogP contribution in [0.15, 0.2) is 18.2 Å². The van der Waals surface area contributed by atoms with E-state index in [9.17, 15) is 8.78 Å². The van der Waals surface area contributed by atoms with Gasteiger partial charge in [-0.2, -0.15) is 0 Å². The molecule has 0 aliphatic carbocycles. The van der Waals surface area contributed by atoms with Crippen LogP contribution in [0.1, 0.15) is 0 Å². The molecule has 1 N–H and O–H groups in total. The van der Waals surface area contributed by atoms with Crippen LogP contribution < -0.4 is 5.32 Å². The van der Waals surface area contributed by atoms with Crippen LogP contribution >= 0.6 is 11.6 Å². The van der Waals surface area contributed by atoms with Gasteiger partial charge in [0.15, 0.2) is 0 Å². The second-order valence-electron chi connectivity index (χ2n) is 2.24. The van der Waals surface area contributed by atoms with Gasteiger partial charge in [0.1, 0.15) is 12.5 Å². The third-order valence-electron chi connectivity index (χ3n) is 1.34. The van der Waals surface area contributed by atoms with E-state index in [1.807, 2.05) is 0 Å². The Kier molecular flexibility index (Phi) is 3.29. The molecule has 0 heterocycles. The molecule has 0 bridgehead atoms. The van der Waals surface area contributed by atoms with Gasteiger partial charge in [-0.15, -0.1) is 0 Å². The fraction of sp³-hybridized carbons (Fsp3) is 0.250. The van der Waals surface area contributed by atoms with E-state index in [1.54, 1.807) is 6.07 Å². The summed E-state index contributed by atoms with van der Waals surface area (Å²) in [4.78, 5) is 0. The molecule has 4 heteroatoms. The van der Waals surface area contributed by atoms with E-state index >= 15 is 0 Å². The molecule has 0 saturated heterocycles. The maximum Gasteiger partial charge on any atom is 0.147 e. The Balaban J connectivity index is 2.72. The molecular formula is C8H8ClF2N. The Labute approximate surface area is 74.3 Å². The lowest BCUT2D eigenvalue weighted by Gasteiger charge is -2.04. The number of rotatable bonds is 3. The van der Waals surface area contributed by atoms with Crippen LogP contribution in [-0.2, 0) is 0 Å². The lowest BCUT2D eigenvalue weighted by atomic mass is 10.3. The SMILES string of the molecule is FCCNc1ccc(Cl)cc1F. The van der Waals surface area contributed by atoms with Gasteiger partial charge < -0.3 is 5.32 Å². The number of hydrogen-bond acceptors (Lipinski definition) is 1. The van der Waals surface area contributed by atoms with Gasteiger partial charge in [0.25, 0.3) is 0 Å². The summed E-state index contributed by atoms with van der Waals surface area (Å²) in [6.07, 6.45) is 0. The maximum atomic E-state index is 12.9. The van der Waals surface area contributed by atoms with Crippen LogP contribution in [-0.4, -0.2) is 13.2 Å². The highest BCUT2D eigenvalue weighted by atomic mass is 35.5. The number of benzene rings is 1. The van der Waals surface area contributed by atoms with E-state index < -0.39 is 12.5 Å². The van der Waals surface area contributed by atoms with Gasteiger partial charge in [-0.1, -0.05) is 11.6 Å². The maximum absolute atomic E-state index is 12.9. The van der Waals surface area contributed by atoms with E-state index in [0.717, 1.165) is 0 Å². The fourth-order valence-electron chi connectivity index (χ4n) is 0.815. The first-order valence-corrected chi connectivity index (χ1v) is 3.86. The summed E-state index contributed by atoms with van der Waals surface area (Å²) < 4.78 is 24.6. The van der Waals surface area contributed by atoms with Crippen LogP contribution in [0, 0.1) is 5.82 Å².